The first kappa shape index (κ1) is 21.1. The fourth-order valence-electron chi connectivity index (χ4n) is 3.08. The molecule has 1 N–H and O–H groups in total. The second-order valence-corrected chi connectivity index (χ2v) is 6.51. The fraction of sp³-hybridized carbons (Fsp3) is 0.286. The minimum atomic E-state index is -1.04. The highest BCUT2D eigenvalue weighted by atomic mass is 16.5. The van der Waals surface area contributed by atoms with E-state index in [0.29, 0.717) is 12.4 Å². The van der Waals surface area contributed by atoms with Crippen LogP contribution in [0.25, 0.3) is 0 Å². The van der Waals surface area contributed by atoms with E-state index in [-0.39, 0.29) is 6.42 Å². The first-order valence-electron chi connectivity index (χ1n) is 9.38. The number of tetrazole rings is 1. The third-order valence-corrected chi connectivity index (χ3v) is 4.62. The Labute approximate surface area is 174 Å². The molecular weight excluding hydrogens is 386 g/mol. The number of carbonyl (C=O) groups excluding carboxylic acids is 2. The van der Waals surface area contributed by atoms with Crippen molar-refractivity contribution in [2.75, 3.05) is 14.2 Å². The zero-order valence-electron chi connectivity index (χ0n) is 16.8. The number of nitrogens with one attached hydrogen (secondary N) is 1. The molecule has 0 saturated carbocycles. The van der Waals surface area contributed by atoms with Gasteiger partial charge >= 0.3 is 11.9 Å². The molecule has 0 aliphatic heterocycles. The van der Waals surface area contributed by atoms with Crippen molar-refractivity contribution in [3.05, 3.63) is 77.6 Å². The number of esters is 2. The molecular formula is C21H23N5O4. The van der Waals surface area contributed by atoms with Crippen molar-refractivity contribution in [3.63, 3.8) is 0 Å². The van der Waals surface area contributed by atoms with E-state index in [2.05, 4.69) is 20.8 Å². The highest BCUT2D eigenvalue weighted by Crippen LogP contribution is 2.24. The summed E-state index contributed by atoms with van der Waals surface area (Å²) >= 11 is 0. The molecule has 9 nitrogen and oxygen atoms in total. The molecule has 2 atom stereocenters. The number of hydrogen-bond donors (Lipinski definition) is 1. The molecule has 0 saturated heterocycles. The minimum Gasteiger partial charge on any atom is -0.469 e. The number of rotatable bonds is 9. The van der Waals surface area contributed by atoms with Crippen molar-refractivity contribution >= 4 is 11.9 Å². The summed E-state index contributed by atoms with van der Waals surface area (Å²) in [5.41, 5.74) is 1.99. The number of nitrogens with zero attached hydrogens (tertiary/aromatic N) is 4. The van der Waals surface area contributed by atoms with Gasteiger partial charge in [0, 0.05) is 6.54 Å². The van der Waals surface area contributed by atoms with Crippen LogP contribution in [0.3, 0.4) is 0 Å². The Morgan fingerprint density at radius 2 is 1.67 bits per heavy atom. The van der Waals surface area contributed by atoms with Gasteiger partial charge in [0.2, 0.25) is 0 Å². The van der Waals surface area contributed by atoms with Gasteiger partial charge in [-0.25, -0.2) is 9.48 Å². The highest BCUT2D eigenvalue weighted by molar-refractivity contribution is 5.81. The Morgan fingerprint density at radius 1 is 1.00 bits per heavy atom. The number of carbonyl (C=O) groups is 2. The van der Waals surface area contributed by atoms with Crippen LogP contribution in [0.4, 0.5) is 0 Å². The summed E-state index contributed by atoms with van der Waals surface area (Å²) in [4.78, 5) is 24.3. The first-order valence-corrected chi connectivity index (χ1v) is 9.38. The molecule has 30 heavy (non-hydrogen) atoms. The summed E-state index contributed by atoms with van der Waals surface area (Å²) in [5, 5.41) is 15.3. The molecule has 0 radical (unpaired) electrons. The lowest BCUT2D eigenvalue weighted by Gasteiger charge is -2.21. The van der Waals surface area contributed by atoms with Crippen LogP contribution >= 0.6 is 0 Å². The second-order valence-electron chi connectivity index (χ2n) is 6.51. The molecule has 1 aromatic heterocycles. The van der Waals surface area contributed by atoms with Gasteiger partial charge in [0.05, 0.1) is 26.7 Å². The number of hydrogen-bond acceptors (Lipinski definition) is 8. The van der Waals surface area contributed by atoms with Gasteiger partial charge in [0.1, 0.15) is 0 Å². The summed E-state index contributed by atoms with van der Waals surface area (Å²) in [5.74, 6) is -0.819. The summed E-state index contributed by atoms with van der Waals surface area (Å²) in [6, 6.07) is 18.0. The summed E-state index contributed by atoms with van der Waals surface area (Å²) in [6.45, 7) is 0.549. The molecule has 0 spiro atoms. The van der Waals surface area contributed by atoms with Crippen LogP contribution in [-0.4, -0.2) is 46.4 Å². The lowest BCUT2D eigenvalue weighted by atomic mass is 10.0. The van der Waals surface area contributed by atoms with Crippen molar-refractivity contribution in [2.24, 2.45) is 0 Å². The van der Waals surface area contributed by atoms with Crippen LogP contribution in [0.2, 0.25) is 0 Å². The summed E-state index contributed by atoms with van der Waals surface area (Å²) in [6.07, 6.45) is -0.249. The molecule has 1 heterocycles. The summed E-state index contributed by atoms with van der Waals surface area (Å²) in [7, 11) is 2.50. The molecule has 0 aliphatic rings. The number of ether oxygens (including phenoxy) is 2. The van der Waals surface area contributed by atoms with E-state index in [1.807, 2.05) is 60.7 Å². The minimum absolute atomic E-state index is 0.249. The van der Waals surface area contributed by atoms with Gasteiger partial charge in [0.25, 0.3) is 0 Å². The molecule has 3 aromatic rings. The Bertz CT molecular complexity index is 962. The van der Waals surface area contributed by atoms with Crippen LogP contribution in [-0.2, 0) is 25.6 Å². The second kappa shape index (κ2) is 10.3. The Balaban J connectivity index is 1.96. The van der Waals surface area contributed by atoms with E-state index >= 15 is 0 Å². The van der Waals surface area contributed by atoms with Crippen LogP contribution in [0.15, 0.2) is 60.7 Å². The molecule has 0 amide bonds. The summed E-state index contributed by atoms with van der Waals surface area (Å²) < 4.78 is 10.9. The van der Waals surface area contributed by atoms with Gasteiger partial charge in [-0.1, -0.05) is 60.7 Å². The maximum atomic E-state index is 12.4. The van der Waals surface area contributed by atoms with Crippen molar-refractivity contribution in [1.29, 1.82) is 0 Å². The normalized spacial score (nSPS) is 12.7. The van der Waals surface area contributed by atoms with Crippen LogP contribution < -0.4 is 5.32 Å². The van der Waals surface area contributed by atoms with Gasteiger partial charge in [-0.3, -0.25) is 10.1 Å². The molecule has 0 aliphatic carbocycles. The molecule has 9 heteroatoms. The average Bonchev–Trinajstić information content (AvgIpc) is 3.27. The molecule has 2 unspecified atom stereocenters. The zero-order chi connectivity index (χ0) is 21.3. The van der Waals surface area contributed by atoms with Gasteiger partial charge in [0.15, 0.2) is 11.9 Å². The molecule has 3 rings (SSSR count). The Kier molecular flexibility index (Phi) is 7.23. The Morgan fingerprint density at radius 3 is 2.30 bits per heavy atom. The number of methoxy groups -OCH3 is 2. The lowest BCUT2D eigenvalue weighted by molar-refractivity contribution is -0.151. The van der Waals surface area contributed by atoms with E-state index in [9.17, 15) is 9.59 Å². The van der Waals surface area contributed by atoms with Crippen molar-refractivity contribution in [2.45, 2.75) is 25.0 Å². The van der Waals surface area contributed by atoms with Crippen molar-refractivity contribution in [1.82, 2.24) is 25.5 Å². The predicted octanol–water partition coefficient (Wildman–Crippen LogP) is 1.83. The zero-order valence-corrected chi connectivity index (χ0v) is 16.8. The van der Waals surface area contributed by atoms with E-state index in [4.69, 9.17) is 9.47 Å². The first-order chi connectivity index (χ1) is 14.6. The molecule has 0 fully saturated rings. The lowest BCUT2D eigenvalue weighted by Crippen LogP contribution is -2.31. The van der Waals surface area contributed by atoms with Crippen LogP contribution in [0.5, 0.6) is 0 Å². The smallest absolute Gasteiger partial charge is 0.331 e. The maximum Gasteiger partial charge on any atom is 0.331 e. The van der Waals surface area contributed by atoms with E-state index in [1.165, 1.54) is 18.9 Å². The quantitative estimate of drug-likeness (QED) is 0.533. The monoisotopic (exact) mass is 409 g/mol. The number of aromatic nitrogens is 4. The van der Waals surface area contributed by atoms with Crippen molar-refractivity contribution in [3.8, 4) is 0 Å². The molecule has 156 valence electrons. The SMILES string of the molecule is COC(=O)CC(C(=O)OC)n1nnnc1C(NCc1ccccc1)c1ccccc1. The van der Waals surface area contributed by atoms with Gasteiger partial charge < -0.3 is 9.47 Å². The third-order valence-electron chi connectivity index (χ3n) is 4.62. The average molecular weight is 409 g/mol. The highest BCUT2D eigenvalue weighted by Gasteiger charge is 2.32. The van der Waals surface area contributed by atoms with Crippen molar-refractivity contribution < 1.29 is 19.1 Å². The van der Waals surface area contributed by atoms with Gasteiger partial charge in [-0.05, 0) is 21.6 Å². The predicted molar refractivity (Wildman–Crippen MR) is 107 cm³/mol. The van der Waals surface area contributed by atoms with Gasteiger partial charge in [-0.15, -0.1) is 5.10 Å². The van der Waals surface area contributed by atoms with Crippen LogP contribution in [0, 0.1) is 0 Å². The molecule has 0 bridgehead atoms. The van der Waals surface area contributed by atoms with E-state index in [0.717, 1.165) is 11.1 Å². The fourth-order valence-corrected chi connectivity index (χ4v) is 3.08. The van der Waals surface area contributed by atoms with Gasteiger partial charge in [-0.2, -0.15) is 0 Å². The van der Waals surface area contributed by atoms with Crippen LogP contribution in [0.1, 0.15) is 35.5 Å². The standard InChI is InChI=1S/C21H23N5O4/c1-29-18(27)13-17(21(28)30-2)26-20(23-24-25-26)19(16-11-7-4-8-12-16)22-14-15-9-5-3-6-10-15/h3-12,17,19,22H,13-14H2,1-2H3. The maximum absolute atomic E-state index is 12.4. The number of benzene rings is 2. The topological polar surface area (TPSA) is 108 Å². The van der Waals surface area contributed by atoms with E-state index < -0.39 is 24.0 Å². The molecule has 2 aromatic carbocycles. The Hall–Kier alpha value is -3.59. The third kappa shape index (κ3) is 5.06. The largest absolute Gasteiger partial charge is 0.469 e. The van der Waals surface area contributed by atoms with E-state index in [1.54, 1.807) is 0 Å².